The fraction of sp³-hybridized carbons (Fsp3) is 0.600. The van der Waals surface area contributed by atoms with Gasteiger partial charge in [0.15, 0.2) is 5.13 Å². The summed E-state index contributed by atoms with van der Waals surface area (Å²) >= 11 is 7.20. The van der Waals surface area contributed by atoms with Crippen LogP contribution in [0.4, 0.5) is 5.13 Å². The van der Waals surface area contributed by atoms with Crippen molar-refractivity contribution in [3.8, 4) is 11.3 Å². The van der Waals surface area contributed by atoms with Crippen LogP contribution in [0.1, 0.15) is 88.9 Å². The Hall–Kier alpha value is -1.39. The second-order valence-electron chi connectivity index (χ2n) is 7.98. The molecule has 0 aliphatic carbocycles. The van der Waals surface area contributed by atoms with E-state index in [2.05, 4.69) is 29.4 Å². The van der Waals surface area contributed by atoms with E-state index < -0.39 is 0 Å². The van der Waals surface area contributed by atoms with Gasteiger partial charge in [-0.3, -0.25) is 4.79 Å². The van der Waals surface area contributed by atoms with E-state index in [9.17, 15) is 4.79 Å². The highest BCUT2D eigenvalue weighted by Gasteiger charge is 2.14. The molecule has 1 N–H and O–H groups in total. The van der Waals surface area contributed by atoms with Crippen LogP contribution in [0.5, 0.6) is 0 Å². The maximum absolute atomic E-state index is 11.6. The Kier molecular flexibility index (Phi) is 12.8. The van der Waals surface area contributed by atoms with Gasteiger partial charge >= 0.3 is 0 Å². The van der Waals surface area contributed by atoms with E-state index in [0.717, 1.165) is 17.7 Å². The van der Waals surface area contributed by atoms with Crippen LogP contribution in [0, 0.1) is 0 Å². The van der Waals surface area contributed by atoms with Gasteiger partial charge in [0, 0.05) is 10.4 Å². The Morgan fingerprint density at radius 2 is 1.47 bits per heavy atom. The number of anilines is 1. The third-order valence-corrected chi connectivity index (χ3v) is 6.64. The molecule has 0 saturated heterocycles. The molecule has 1 aromatic heterocycles. The van der Waals surface area contributed by atoms with E-state index in [0.29, 0.717) is 5.13 Å². The molecule has 0 spiro atoms. The molecular formula is C25H37ClN2OS. The van der Waals surface area contributed by atoms with Crippen LogP contribution < -0.4 is 5.32 Å². The minimum atomic E-state index is -0.207. The summed E-state index contributed by atoms with van der Waals surface area (Å²) in [6.07, 6.45) is 17.2. The SMILES string of the molecule is CCCCCCCCCCCCCCc1sc(NC(=O)CCl)nc1-c1ccccc1. The Labute approximate surface area is 191 Å². The van der Waals surface area contributed by atoms with E-state index >= 15 is 0 Å². The summed E-state index contributed by atoms with van der Waals surface area (Å²) in [6, 6.07) is 10.2. The fourth-order valence-electron chi connectivity index (χ4n) is 3.68. The minimum absolute atomic E-state index is 0.0473. The summed E-state index contributed by atoms with van der Waals surface area (Å²) in [6.45, 7) is 2.27. The molecule has 2 aromatic rings. The van der Waals surface area contributed by atoms with Crippen LogP contribution in [0.25, 0.3) is 11.3 Å². The van der Waals surface area contributed by atoms with Crippen molar-refractivity contribution in [1.29, 1.82) is 0 Å². The summed E-state index contributed by atoms with van der Waals surface area (Å²) in [5.74, 6) is -0.254. The van der Waals surface area contributed by atoms with Crippen LogP contribution in [0.2, 0.25) is 0 Å². The summed E-state index contributed by atoms with van der Waals surface area (Å²) in [5, 5.41) is 3.45. The number of rotatable bonds is 16. The molecular weight excluding hydrogens is 412 g/mol. The first-order valence-electron chi connectivity index (χ1n) is 11.7. The molecule has 1 amide bonds. The Morgan fingerprint density at radius 1 is 0.900 bits per heavy atom. The van der Waals surface area contributed by atoms with E-state index in [4.69, 9.17) is 11.6 Å². The molecule has 0 unspecified atom stereocenters. The molecule has 30 heavy (non-hydrogen) atoms. The molecule has 0 saturated carbocycles. The Bertz CT molecular complexity index is 717. The lowest BCUT2D eigenvalue weighted by Crippen LogP contribution is -2.12. The smallest absolute Gasteiger partial charge is 0.241 e. The van der Waals surface area contributed by atoms with Gasteiger partial charge in [-0.15, -0.1) is 22.9 Å². The molecule has 0 radical (unpaired) electrons. The van der Waals surface area contributed by atoms with Gasteiger partial charge in [0.05, 0.1) is 5.69 Å². The third-order valence-electron chi connectivity index (χ3n) is 5.37. The summed E-state index contributed by atoms with van der Waals surface area (Å²) < 4.78 is 0. The van der Waals surface area contributed by atoms with Gasteiger partial charge in [0.1, 0.15) is 5.88 Å². The molecule has 1 heterocycles. The first-order valence-corrected chi connectivity index (χ1v) is 13.0. The van der Waals surface area contributed by atoms with E-state index in [1.807, 2.05) is 18.2 Å². The van der Waals surface area contributed by atoms with Crippen molar-refractivity contribution >= 4 is 34.0 Å². The quantitative estimate of drug-likeness (QED) is 0.207. The van der Waals surface area contributed by atoms with E-state index in [-0.39, 0.29) is 11.8 Å². The second-order valence-corrected chi connectivity index (χ2v) is 9.33. The van der Waals surface area contributed by atoms with E-state index in [1.165, 1.54) is 81.9 Å². The highest BCUT2D eigenvalue weighted by Crippen LogP contribution is 2.32. The zero-order valence-corrected chi connectivity index (χ0v) is 20.0. The predicted octanol–water partition coefficient (Wildman–Crippen LogP) is 8.23. The number of hydrogen-bond acceptors (Lipinski definition) is 3. The number of thiazole rings is 1. The predicted molar refractivity (Wildman–Crippen MR) is 132 cm³/mol. The summed E-state index contributed by atoms with van der Waals surface area (Å²) in [7, 11) is 0. The second kappa shape index (κ2) is 15.4. The van der Waals surface area contributed by atoms with Gasteiger partial charge in [-0.25, -0.2) is 4.98 Å². The van der Waals surface area contributed by atoms with Crippen molar-refractivity contribution in [2.24, 2.45) is 0 Å². The number of nitrogens with one attached hydrogen (secondary N) is 1. The highest BCUT2D eigenvalue weighted by molar-refractivity contribution is 7.16. The fourth-order valence-corrected chi connectivity index (χ4v) is 4.78. The van der Waals surface area contributed by atoms with Gasteiger partial charge in [-0.05, 0) is 12.8 Å². The number of unbranched alkanes of at least 4 members (excludes halogenated alkanes) is 11. The first kappa shape index (κ1) is 24.9. The van der Waals surface area contributed by atoms with Crippen molar-refractivity contribution < 1.29 is 4.79 Å². The molecule has 0 atom stereocenters. The monoisotopic (exact) mass is 448 g/mol. The summed E-state index contributed by atoms with van der Waals surface area (Å²) in [5.41, 5.74) is 2.10. The van der Waals surface area contributed by atoms with Crippen molar-refractivity contribution in [3.05, 3.63) is 35.2 Å². The lowest BCUT2D eigenvalue weighted by molar-refractivity contribution is -0.113. The molecule has 0 bridgehead atoms. The maximum Gasteiger partial charge on any atom is 0.241 e. The van der Waals surface area contributed by atoms with Gasteiger partial charge in [-0.1, -0.05) is 108 Å². The van der Waals surface area contributed by atoms with Crippen LogP contribution in [0.15, 0.2) is 30.3 Å². The normalized spacial score (nSPS) is 11.0. The van der Waals surface area contributed by atoms with Gasteiger partial charge in [-0.2, -0.15) is 0 Å². The zero-order chi connectivity index (χ0) is 21.4. The summed E-state index contributed by atoms with van der Waals surface area (Å²) in [4.78, 5) is 17.6. The van der Waals surface area contributed by atoms with Gasteiger partial charge in [0.2, 0.25) is 5.91 Å². The van der Waals surface area contributed by atoms with Gasteiger partial charge < -0.3 is 5.32 Å². The molecule has 3 nitrogen and oxygen atoms in total. The maximum atomic E-state index is 11.6. The number of aromatic nitrogens is 1. The molecule has 2 rings (SSSR count). The van der Waals surface area contributed by atoms with Crippen LogP contribution >= 0.6 is 22.9 Å². The molecule has 0 fully saturated rings. The van der Waals surface area contributed by atoms with Crippen molar-refractivity contribution in [3.63, 3.8) is 0 Å². The molecule has 1 aromatic carbocycles. The van der Waals surface area contributed by atoms with Crippen LogP contribution in [-0.2, 0) is 11.2 Å². The average molecular weight is 449 g/mol. The Morgan fingerprint density at radius 3 is 2.03 bits per heavy atom. The van der Waals surface area contributed by atoms with Crippen molar-refractivity contribution in [2.45, 2.75) is 90.4 Å². The number of alkyl halides is 1. The lowest BCUT2D eigenvalue weighted by Gasteiger charge is -2.04. The molecule has 166 valence electrons. The van der Waals surface area contributed by atoms with Gasteiger partial charge in [0.25, 0.3) is 0 Å². The number of aryl methyl sites for hydroxylation is 1. The topological polar surface area (TPSA) is 42.0 Å². The largest absolute Gasteiger partial charge is 0.301 e. The highest BCUT2D eigenvalue weighted by atomic mass is 35.5. The van der Waals surface area contributed by atoms with E-state index in [1.54, 1.807) is 11.3 Å². The number of nitrogens with zero attached hydrogens (tertiary/aromatic N) is 1. The van der Waals surface area contributed by atoms with Crippen molar-refractivity contribution in [1.82, 2.24) is 4.98 Å². The van der Waals surface area contributed by atoms with Crippen LogP contribution in [-0.4, -0.2) is 16.8 Å². The number of halogens is 1. The number of carbonyl (C=O) groups excluding carboxylic acids is 1. The number of amides is 1. The third kappa shape index (κ3) is 9.61. The molecule has 5 heteroatoms. The number of hydrogen-bond donors (Lipinski definition) is 1. The number of benzene rings is 1. The molecule has 0 aliphatic rings. The zero-order valence-electron chi connectivity index (χ0n) is 18.4. The van der Waals surface area contributed by atoms with Crippen LogP contribution in [0.3, 0.4) is 0 Å². The first-order chi connectivity index (χ1) is 14.7. The standard InChI is InChI=1S/C25H37ClN2OS/c1-2-3-4-5-6-7-8-9-10-11-12-16-19-22-24(21-17-14-13-15-18-21)28-25(30-22)27-23(29)20-26/h13-15,17-18H,2-12,16,19-20H2,1H3,(H,27,28,29). The van der Waals surface area contributed by atoms with Crippen molar-refractivity contribution in [2.75, 3.05) is 11.2 Å². The Balaban J connectivity index is 1.70. The molecule has 0 aliphatic heterocycles. The average Bonchev–Trinajstić information content (AvgIpc) is 3.17. The number of carbonyl (C=O) groups is 1. The lowest BCUT2D eigenvalue weighted by atomic mass is 10.0. The minimum Gasteiger partial charge on any atom is -0.301 e.